The maximum absolute atomic E-state index is 12.9. The summed E-state index contributed by atoms with van der Waals surface area (Å²) in [7, 11) is 0. The molecule has 0 aromatic carbocycles. The van der Waals surface area contributed by atoms with Gasteiger partial charge in [-0.15, -0.1) is 11.3 Å². The topological polar surface area (TPSA) is 50.2 Å². The van der Waals surface area contributed by atoms with Gasteiger partial charge in [0.05, 0.1) is 17.1 Å². The largest absolute Gasteiger partial charge is 0.477 e. The van der Waals surface area contributed by atoms with Crippen molar-refractivity contribution < 1.29 is 18.7 Å². The van der Waals surface area contributed by atoms with Crippen LogP contribution in [0.3, 0.4) is 0 Å². The van der Waals surface area contributed by atoms with E-state index in [1.165, 1.54) is 0 Å². The van der Waals surface area contributed by atoms with Crippen LogP contribution < -0.4 is 0 Å². The number of aromatic nitrogens is 1. The van der Waals surface area contributed by atoms with Crippen molar-refractivity contribution in [3.05, 3.63) is 16.1 Å². The normalized spacial score (nSPS) is 12.8. The number of carboxylic acid groups (broad SMARTS) is 1. The van der Waals surface area contributed by atoms with Crippen LogP contribution in [0.25, 0.3) is 0 Å². The third-order valence-electron chi connectivity index (χ3n) is 2.01. The number of hydrogen-bond donors (Lipinski definition) is 1. The minimum Gasteiger partial charge on any atom is -0.477 e. The van der Waals surface area contributed by atoms with E-state index in [0.29, 0.717) is 5.69 Å². The van der Waals surface area contributed by atoms with E-state index in [2.05, 4.69) is 4.98 Å². The fourth-order valence-electron chi connectivity index (χ4n) is 1.00. The van der Waals surface area contributed by atoms with Gasteiger partial charge >= 0.3 is 11.9 Å². The van der Waals surface area contributed by atoms with Crippen LogP contribution in [0.4, 0.5) is 8.78 Å². The lowest BCUT2D eigenvalue weighted by Gasteiger charge is -2.14. The van der Waals surface area contributed by atoms with Crippen LogP contribution in [-0.2, 0) is 16.6 Å². The molecule has 0 amide bonds. The average molecular weight is 249 g/mol. The van der Waals surface area contributed by atoms with Crippen molar-refractivity contribution in [3.63, 3.8) is 0 Å². The molecule has 0 atom stereocenters. The molecule has 6 heteroatoms. The Morgan fingerprint density at radius 2 is 2.06 bits per heavy atom. The molecule has 0 aliphatic carbocycles. The van der Waals surface area contributed by atoms with E-state index >= 15 is 0 Å². The average Bonchev–Trinajstić information content (AvgIpc) is 2.50. The summed E-state index contributed by atoms with van der Waals surface area (Å²) in [5, 5.41) is 10.1. The molecule has 0 spiro atoms. The Labute approximate surface area is 96.1 Å². The number of hydrogen-bond acceptors (Lipinski definition) is 3. The Kier molecular flexibility index (Phi) is 3.33. The van der Waals surface area contributed by atoms with Crippen molar-refractivity contribution in [3.8, 4) is 0 Å². The number of aliphatic carboxylic acids is 1. The summed E-state index contributed by atoms with van der Waals surface area (Å²) in [5.74, 6) is -5.85. The monoisotopic (exact) mass is 249 g/mol. The number of nitrogens with zero attached hydrogens (tertiary/aromatic N) is 1. The Hall–Kier alpha value is -1.04. The summed E-state index contributed by atoms with van der Waals surface area (Å²) in [6, 6.07) is 0. The van der Waals surface area contributed by atoms with Gasteiger partial charge in [-0.05, 0) is 0 Å². The highest BCUT2D eigenvalue weighted by atomic mass is 32.1. The highest BCUT2D eigenvalue weighted by Gasteiger charge is 2.40. The molecule has 0 bridgehead atoms. The van der Waals surface area contributed by atoms with Gasteiger partial charge in [-0.2, -0.15) is 8.78 Å². The second kappa shape index (κ2) is 4.08. The van der Waals surface area contributed by atoms with E-state index in [4.69, 9.17) is 5.11 Å². The van der Waals surface area contributed by atoms with Gasteiger partial charge in [-0.3, -0.25) is 0 Å². The van der Waals surface area contributed by atoms with Crippen molar-refractivity contribution in [2.45, 2.75) is 38.5 Å². The molecule has 1 rings (SSSR count). The van der Waals surface area contributed by atoms with E-state index < -0.39 is 18.3 Å². The van der Waals surface area contributed by atoms with Crippen LogP contribution in [0.15, 0.2) is 5.38 Å². The lowest BCUT2D eigenvalue weighted by Crippen LogP contribution is -2.30. The zero-order chi connectivity index (χ0) is 12.6. The Morgan fingerprint density at radius 3 is 2.44 bits per heavy atom. The predicted octanol–water partition coefficient (Wildman–Crippen LogP) is 2.70. The summed E-state index contributed by atoms with van der Waals surface area (Å²) < 4.78 is 25.8. The fourth-order valence-corrected chi connectivity index (χ4v) is 2.07. The first-order valence-electron chi connectivity index (χ1n) is 4.69. The summed E-state index contributed by atoms with van der Waals surface area (Å²) >= 11 is 1.07. The van der Waals surface area contributed by atoms with Gasteiger partial charge < -0.3 is 5.11 Å². The van der Waals surface area contributed by atoms with Gasteiger partial charge in [-0.25, -0.2) is 9.78 Å². The Morgan fingerprint density at radius 1 is 1.50 bits per heavy atom. The van der Waals surface area contributed by atoms with Crippen LogP contribution in [0.2, 0.25) is 0 Å². The van der Waals surface area contributed by atoms with E-state index in [1.54, 1.807) is 5.38 Å². The number of halogens is 2. The van der Waals surface area contributed by atoms with Crippen molar-refractivity contribution in [1.29, 1.82) is 0 Å². The first-order valence-corrected chi connectivity index (χ1v) is 5.57. The number of thiazole rings is 1. The first kappa shape index (κ1) is 13.0. The summed E-state index contributed by atoms with van der Waals surface area (Å²) in [6.07, 6.45) is -0.844. The van der Waals surface area contributed by atoms with Gasteiger partial charge in [0.1, 0.15) is 0 Å². The molecule has 1 heterocycles. The molecule has 0 aliphatic heterocycles. The molecule has 0 radical (unpaired) electrons. The minimum absolute atomic E-state index is 0.150. The summed E-state index contributed by atoms with van der Waals surface area (Å²) in [4.78, 5) is 14.3. The van der Waals surface area contributed by atoms with Crippen LogP contribution >= 0.6 is 11.3 Å². The molecule has 0 fully saturated rings. The van der Waals surface area contributed by atoms with Crippen molar-refractivity contribution >= 4 is 17.3 Å². The van der Waals surface area contributed by atoms with E-state index in [-0.39, 0.29) is 10.4 Å². The molecular formula is C10H13F2NO2S. The number of alkyl halides is 2. The molecule has 3 nitrogen and oxygen atoms in total. The molecule has 0 aliphatic rings. The summed E-state index contributed by atoms with van der Waals surface area (Å²) in [5.41, 5.74) is 0.487. The molecule has 1 aromatic heterocycles. The number of rotatable bonds is 3. The Bertz CT molecular complexity index is 396. The third kappa shape index (κ3) is 2.98. The molecular weight excluding hydrogens is 236 g/mol. The number of carboxylic acids is 1. The zero-order valence-corrected chi connectivity index (χ0v) is 10.1. The Balaban J connectivity index is 2.85. The highest BCUT2D eigenvalue weighted by molar-refractivity contribution is 7.09. The van der Waals surface area contributed by atoms with Crippen molar-refractivity contribution in [2.24, 2.45) is 0 Å². The van der Waals surface area contributed by atoms with Gasteiger partial charge in [0.25, 0.3) is 0 Å². The van der Waals surface area contributed by atoms with E-state index in [1.807, 2.05) is 20.8 Å². The molecule has 0 unspecified atom stereocenters. The molecule has 0 saturated carbocycles. The van der Waals surface area contributed by atoms with Crippen molar-refractivity contribution in [1.82, 2.24) is 4.98 Å². The second-order valence-electron chi connectivity index (χ2n) is 4.56. The van der Waals surface area contributed by atoms with Crippen LogP contribution in [0, 0.1) is 0 Å². The summed E-state index contributed by atoms with van der Waals surface area (Å²) in [6.45, 7) is 5.75. The zero-order valence-electron chi connectivity index (χ0n) is 9.25. The lowest BCUT2D eigenvalue weighted by atomic mass is 9.93. The van der Waals surface area contributed by atoms with Crippen LogP contribution in [-0.4, -0.2) is 22.0 Å². The maximum atomic E-state index is 12.9. The standard InChI is InChI=1S/C10H13F2NO2S/c1-9(2,3)6-5-16-7(13-6)4-10(11,12)8(14)15/h5H,4H2,1-3H3,(H,14,15). The molecule has 0 saturated heterocycles. The van der Waals surface area contributed by atoms with Gasteiger partial charge in [-0.1, -0.05) is 20.8 Å². The fraction of sp³-hybridized carbons (Fsp3) is 0.600. The quantitative estimate of drug-likeness (QED) is 0.896. The smallest absolute Gasteiger partial charge is 0.375 e. The minimum atomic E-state index is -3.74. The molecule has 90 valence electrons. The van der Waals surface area contributed by atoms with Crippen LogP contribution in [0.1, 0.15) is 31.5 Å². The maximum Gasteiger partial charge on any atom is 0.375 e. The van der Waals surface area contributed by atoms with Crippen LogP contribution in [0.5, 0.6) is 0 Å². The SMILES string of the molecule is CC(C)(C)c1csc(CC(F)(F)C(=O)O)n1. The lowest BCUT2D eigenvalue weighted by molar-refractivity contribution is -0.164. The predicted molar refractivity (Wildman–Crippen MR) is 57.1 cm³/mol. The first-order chi connectivity index (χ1) is 7.13. The second-order valence-corrected chi connectivity index (χ2v) is 5.51. The van der Waals surface area contributed by atoms with E-state index in [0.717, 1.165) is 11.3 Å². The number of carbonyl (C=O) groups is 1. The van der Waals surface area contributed by atoms with Gasteiger partial charge in [0.15, 0.2) is 0 Å². The molecule has 16 heavy (non-hydrogen) atoms. The van der Waals surface area contributed by atoms with E-state index in [9.17, 15) is 13.6 Å². The third-order valence-corrected chi connectivity index (χ3v) is 2.86. The molecule has 1 N–H and O–H groups in total. The van der Waals surface area contributed by atoms with Gasteiger partial charge in [0.2, 0.25) is 0 Å². The van der Waals surface area contributed by atoms with Crippen molar-refractivity contribution in [2.75, 3.05) is 0 Å². The van der Waals surface area contributed by atoms with Gasteiger partial charge in [0, 0.05) is 10.8 Å². The molecule has 1 aromatic rings. The highest BCUT2D eigenvalue weighted by Crippen LogP contribution is 2.27.